The van der Waals surface area contributed by atoms with Gasteiger partial charge in [-0.25, -0.2) is 9.18 Å². The van der Waals surface area contributed by atoms with Crippen molar-refractivity contribution in [3.63, 3.8) is 0 Å². The number of fused-ring (bicyclic) bond motifs is 1. The summed E-state index contributed by atoms with van der Waals surface area (Å²) < 4.78 is 21.0. The van der Waals surface area contributed by atoms with Crippen LogP contribution < -0.4 is 4.74 Å². The van der Waals surface area contributed by atoms with E-state index in [9.17, 15) is 45.6 Å². The number of phenols is 7. The van der Waals surface area contributed by atoms with Crippen molar-refractivity contribution in [1.82, 2.24) is 0 Å². The summed E-state index contributed by atoms with van der Waals surface area (Å²) in [6.07, 6.45) is -1.61. The van der Waals surface area contributed by atoms with Crippen molar-refractivity contribution in [3.8, 4) is 46.0 Å². The molecule has 172 valence electrons. The number of halogens is 1. The van der Waals surface area contributed by atoms with E-state index in [1.54, 1.807) is 0 Å². The van der Waals surface area contributed by atoms with Crippen LogP contribution in [0.15, 0.2) is 30.3 Å². The second kappa shape index (κ2) is 7.55. The molecule has 1 aliphatic heterocycles. The van der Waals surface area contributed by atoms with E-state index in [1.807, 2.05) is 0 Å². The number of carbonyl (C=O) groups is 1. The Bertz CT molecular complexity index is 1280. The number of ether oxygens (including phenoxy) is 1. The minimum atomic E-state index is -1.63. The second-order valence-corrected chi connectivity index (χ2v) is 7.52. The normalized spacial score (nSPS) is 17.2. The summed E-state index contributed by atoms with van der Waals surface area (Å²) in [4.78, 5) is 11.8. The lowest BCUT2D eigenvalue weighted by molar-refractivity contribution is 0.0690. The van der Waals surface area contributed by atoms with Gasteiger partial charge in [0.25, 0.3) is 0 Å². The third kappa shape index (κ3) is 3.49. The van der Waals surface area contributed by atoms with Gasteiger partial charge in [0.15, 0.2) is 34.6 Å². The maximum absolute atomic E-state index is 15.2. The highest BCUT2D eigenvalue weighted by atomic mass is 19.1. The van der Waals surface area contributed by atoms with Crippen LogP contribution in [0.2, 0.25) is 0 Å². The van der Waals surface area contributed by atoms with Crippen LogP contribution in [0.1, 0.15) is 39.1 Å². The fourth-order valence-electron chi connectivity index (χ4n) is 4.00. The first-order chi connectivity index (χ1) is 15.5. The van der Waals surface area contributed by atoms with Crippen LogP contribution in [0.4, 0.5) is 4.39 Å². The van der Waals surface area contributed by atoms with Gasteiger partial charge >= 0.3 is 5.97 Å². The van der Waals surface area contributed by atoms with Crippen LogP contribution in [-0.4, -0.2) is 46.8 Å². The van der Waals surface area contributed by atoms with E-state index in [1.165, 1.54) is 0 Å². The van der Waals surface area contributed by atoms with E-state index in [4.69, 9.17) is 4.74 Å². The Morgan fingerprint density at radius 2 is 1.45 bits per heavy atom. The van der Waals surface area contributed by atoms with Gasteiger partial charge in [0.1, 0.15) is 23.4 Å². The summed E-state index contributed by atoms with van der Waals surface area (Å²) in [7, 11) is 0. The number of aromatic hydroxyl groups is 7. The number of rotatable bonds is 3. The molecule has 0 radical (unpaired) electrons. The zero-order valence-electron chi connectivity index (χ0n) is 16.5. The van der Waals surface area contributed by atoms with Crippen molar-refractivity contribution in [2.45, 2.75) is 18.4 Å². The number of hydrogen-bond donors (Lipinski definition) is 8. The van der Waals surface area contributed by atoms with Crippen LogP contribution in [-0.2, 0) is 6.42 Å². The number of carboxylic acid groups (broad SMARTS) is 1. The number of benzene rings is 3. The van der Waals surface area contributed by atoms with E-state index < -0.39 is 69.4 Å². The Morgan fingerprint density at radius 3 is 2.06 bits per heavy atom. The van der Waals surface area contributed by atoms with E-state index in [2.05, 4.69) is 0 Å². The highest BCUT2D eigenvalue weighted by molar-refractivity contribution is 5.91. The summed E-state index contributed by atoms with van der Waals surface area (Å²) in [5.74, 6) is -9.72. The lowest BCUT2D eigenvalue weighted by Gasteiger charge is -2.35. The zero-order valence-corrected chi connectivity index (χ0v) is 16.5. The van der Waals surface area contributed by atoms with Crippen LogP contribution in [0.3, 0.4) is 0 Å². The van der Waals surface area contributed by atoms with Crippen LogP contribution in [0, 0.1) is 5.82 Å². The molecule has 1 heterocycles. The van der Waals surface area contributed by atoms with Gasteiger partial charge in [0, 0.05) is 34.7 Å². The van der Waals surface area contributed by atoms with Crippen molar-refractivity contribution in [2.75, 3.05) is 0 Å². The number of phenolic OH excluding ortho intramolecular Hbond substituents is 7. The van der Waals surface area contributed by atoms with E-state index in [-0.39, 0.29) is 29.0 Å². The molecule has 8 N–H and O–H groups in total. The van der Waals surface area contributed by atoms with Gasteiger partial charge in [0.2, 0.25) is 0 Å². The van der Waals surface area contributed by atoms with Crippen molar-refractivity contribution in [1.29, 1.82) is 0 Å². The maximum atomic E-state index is 15.2. The third-order valence-corrected chi connectivity index (χ3v) is 5.49. The Labute approximate surface area is 184 Å². The highest BCUT2D eigenvalue weighted by Gasteiger charge is 2.40. The van der Waals surface area contributed by atoms with Crippen LogP contribution in [0.25, 0.3) is 0 Å². The lowest BCUT2D eigenvalue weighted by Crippen LogP contribution is -2.27. The van der Waals surface area contributed by atoms with Crippen molar-refractivity contribution in [2.24, 2.45) is 0 Å². The van der Waals surface area contributed by atoms with E-state index in [0.717, 1.165) is 24.3 Å². The minimum absolute atomic E-state index is 0.0235. The Balaban J connectivity index is 2.00. The monoisotopic (exact) mass is 460 g/mol. The standard InChI is InChI=1S/C22H17FO10/c23-18-17(11(22(31)32)6-15(28)20(18)30)10-5-9-12(25)3-8(24)4-16(9)33-21(10)7-1-13(26)19(29)14(27)2-7/h1-4,6,10,21,24-30H,5H2,(H,31,32)/t10?,21-/m0/s1. The second-order valence-electron chi connectivity index (χ2n) is 7.52. The van der Waals surface area contributed by atoms with Crippen LogP contribution in [0.5, 0.6) is 46.0 Å². The van der Waals surface area contributed by atoms with Gasteiger partial charge in [-0.2, -0.15) is 0 Å². The van der Waals surface area contributed by atoms with Crippen LogP contribution >= 0.6 is 0 Å². The summed E-state index contributed by atoms with van der Waals surface area (Å²) in [5.41, 5.74) is -1.21. The Kier molecular flexibility index (Phi) is 4.96. The molecule has 0 fully saturated rings. The maximum Gasteiger partial charge on any atom is 0.336 e. The number of carboxylic acids is 1. The van der Waals surface area contributed by atoms with Crippen molar-refractivity contribution < 1.29 is 54.8 Å². The van der Waals surface area contributed by atoms with E-state index in [0.29, 0.717) is 6.07 Å². The molecule has 0 aliphatic carbocycles. The minimum Gasteiger partial charge on any atom is -0.508 e. The van der Waals surface area contributed by atoms with Gasteiger partial charge < -0.3 is 45.6 Å². The Hall–Kier alpha value is -4.54. The molecule has 1 aliphatic rings. The molecular formula is C22H17FO10. The molecule has 10 nitrogen and oxygen atoms in total. The molecule has 33 heavy (non-hydrogen) atoms. The summed E-state index contributed by atoms with van der Waals surface area (Å²) in [5, 5.41) is 78.9. The molecule has 0 aromatic heterocycles. The Morgan fingerprint density at radius 1 is 0.848 bits per heavy atom. The quantitative estimate of drug-likeness (QED) is 0.270. The molecule has 1 unspecified atom stereocenters. The molecule has 2 atom stereocenters. The SMILES string of the molecule is O=C(O)c1cc(O)c(O)c(F)c1C1Cc2c(O)cc(O)cc2O[C@H]1c1cc(O)c(O)c(O)c1. The third-order valence-electron chi connectivity index (χ3n) is 5.49. The topological polar surface area (TPSA) is 188 Å². The van der Waals surface area contributed by atoms with Crippen molar-refractivity contribution in [3.05, 3.63) is 58.4 Å². The average molecular weight is 460 g/mol. The highest BCUT2D eigenvalue weighted by Crippen LogP contribution is 2.52. The van der Waals surface area contributed by atoms with Gasteiger partial charge in [-0.1, -0.05) is 0 Å². The van der Waals surface area contributed by atoms with Crippen molar-refractivity contribution >= 4 is 5.97 Å². The molecule has 0 spiro atoms. The molecule has 4 rings (SSSR count). The molecule has 3 aromatic rings. The first kappa shape index (κ1) is 21.7. The predicted molar refractivity (Wildman–Crippen MR) is 108 cm³/mol. The average Bonchev–Trinajstić information content (AvgIpc) is 2.74. The first-order valence-corrected chi connectivity index (χ1v) is 9.43. The molecule has 0 saturated heterocycles. The zero-order chi connectivity index (χ0) is 24.2. The summed E-state index contributed by atoms with van der Waals surface area (Å²) in [6, 6.07) is 4.81. The van der Waals surface area contributed by atoms with Gasteiger partial charge in [-0.05, 0) is 24.6 Å². The molecule has 0 saturated carbocycles. The smallest absolute Gasteiger partial charge is 0.336 e. The van der Waals surface area contributed by atoms with Gasteiger partial charge in [0.05, 0.1) is 5.56 Å². The fourth-order valence-corrected chi connectivity index (χ4v) is 4.00. The number of aromatic carboxylic acids is 1. The molecule has 0 amide bonds. The lowest BCUT2D eigenvalue weighted by atomic mass is 9.79. The molecule has 3 aromatic carbocycles. The predicted octanol–water partition coefficient (Wildman–Crippen LogP) is 2.92. The molecule has 0 bridgehead atoms. The summed E-state index contributed by atoms with van der Waals surface area (Å²) >= 11 is 0. The largest absolute Gasteiger partial charge is 0.508 e. The fraction of sp³-hybridized carbons (Fsp3) is 0.136. The van der Waals surface area contributed by atoms with Gasteiger partial charge in [-0.3, -0.25) is 0 Å². The van der Waals surface area contributed by atoms with E-state index >= 15 is 4.39 Å². The molecule has 11 heteroatoms. The molecular weight excluding hydrogens is 443 g/mol. The summed E-state index contributed by atoms with van der Waals surface area (Å²) in [6.45, 7) is 0. The van der Waals surface area contributed by atoms with Gasteiger partial charge in [-0.15, -0.1) is 0 Å². The first-order valence-electron chi connectivity index (χ1n) is 9.43. The number of hydrogen-bond acceptors (Lipinski definition) is 9.